The Morgan fingerprint density at radius 2 is 1.74 bits per heavy atom. The van der Waals surface area contributed by atoms with E-state index in [2.05, 4.69) is 15.0 Å². The maximum Gasteiger partial charge on any atom is 0.451 e. The number of carbonyl (C=O) groups excluding carboxylic acids is 2. The van der Waals surface area contributed by atoms with Gasteiger partial charge in [0, 0.05) is 41.7 Å². The van der Waals surface area contributed by atoms with E-state index in [1.807, 2.05) is 0 Å². The highest BCUT2D eigenvalue weighted by Crippen LogP contribution is 2.47. The molecule has 0 spiro atoms. The van der Waals surface area contributed by atoms with Crippen LogP contribution in [0.25, 0.3) is 11.1 Å². The Labute approximate surface area is 193 Å². The molecule has 11 heteroatoms. The average Bonchev–Trinajstić information content (AvgIpc) is 3.28. The number of fused-ring (bicyclic) bond motifs is 1. The van der Waals surface area contributed by atoms with Crippen LogP contribution in [-0.2, 0) is 22.1 Å². The minimum atomic E-state index is -4.70. The van der Waals surface area contributed by atoms with Crippen LogP contribution < -0.4 is 0 Å². The maximum atomic E-state index is 14.3. The number of Topliss-reactive ketones (excluding diaryl/α,β-unsaturated/α-hetero) is 1. The molecule has 2 aliphatic heterocycles. The number of halogens is 4. The van der Waals surface area contributed by atoms with Gasteiger partial charge in [-0.05, 0) is 52.0 Å². The summed E-state index contributed by atoms with van der Waals surface area (Å²) in [5.74, 6) is -2.08. The number of hydrogen-bond donors (Lipinski definition) is 0. The van der Waals surface area contributed by atoms with Crippen LogP contribution in [0.5, 0.6) is 0 Å². The van der Waals surface area contributed by atoms with E-state index in [1.165, 1.54) is 6.07 Å². The number of carbonyl (C=O) groups is 2. The predicted molar refractivity (Wildman–Crippen MR) is 112 cm³/mol. The van der Waals surface area contributed by atoms with Gasteiger partial charge >= 0.3 is 12.3 Å². The Morgan fingerprint density at radius 3 is 2.32 bits per heavy atom. The molecule has 1 amide bonds. The quantitative estimate of drug-likeness (QED) is 0.582. The van der Waals surface area contributed by atoms with Gasteiger partial charge in [-0.3, -0.25) is 14.7 Å². The lowest BCUT2D eigenvalue weighted by Gasteiger charge is -2.29. The Hall–Kier alpha value is -3.11. The SMILES string of the molecule is CC(C)(C)OC(=O)N1C2CC(C2)C1C(=O)CCc1cc(-c2cnc(C(F)(F)F)nc2)c(F)cn1. The smallest absolute Gasteiger partial charge is 0.444 e. The predicted octanol–water partition coefficient (Wildman–Crippen LogP) is 4.60. The number of aryl methyl sites for hydroxylation is 1. The fraction of sp³-hybridized carbons (Fsp3) is 0.522. The summed E-state index contributed by atoms with van der Waals surface area (Å²) in [5, 5.41) is 0. The second kappa shape index (κ2) is 8.59. The van der Waals surface area contributed by atoms with E-state index in [4.69, 9.17) is 4.74 Å². The first-order valence-electron chi connectivity index (χ1n) is 10.9. The number of amides is 1. The summed E-state index contributed by atoms with van der Waals surface area (Å²) in [6.45, 7) is 5.30. The molecular formula is C23H24F4N4O3. The van der Waals surface area contributed by atoms with Crippen molar-refractivity contribution in [3.8, 4) is 11.1 Å². The van der Waals surface area contributed by atoms with E-state index in [0.717, 1.165) is 31.4 Å². The van der Waals surface area contributed by atoms with E-state index in [1.54, 1.807) is 25.7 Å². The molecule has 0 N–H and O–H groups in total. The first kappa shape index (κ1) is 24.0. The summed E-state index contributed by atoms with van der Waals surface area (Å²) < 4.78 is 57.8. The van der Waals surface area contributed by atoms with Crippen LogP contribution in [0.2, 0.25) is 0 Å². The zero-order valence-corrected chi connectivity index (χ0v) is 18.9. The molecule has 2 bridgehead atoms. The van der Waals surface area contributed by atoms with Gasteiger partial charge < -0.3 is 4.74 Å². The number of pyridine rings is 1. The summed E-state index contributed by atoms with van der Waals surface area (Å²) in [4.78, 5) is 37.7. The molecule has 1 saturated carbocycles. The Morgan fingerprint density at radius 1 is 1.09 bits per heavy atom. The minimum absolute atomic E-state index is 0.00372. The first-order valence-corrected chi connectivity index (χ1v) is 10.9. The van der Waals surface area contributed by atoms with Gasteiger partial charge in [-0.2, -0.15) is 13.2 Å². The van der Waals surface area contributed by atoms with E-state index in [9.17, 15) is 27.2 Å². The molecule has 0 radical (unpaired) electrons. The summed E-state index contributed by atoms with van der Waals surface area (Å²) in [6, 6.07) is 0.821. The summed E-state index contributed by atoms with van der Waals surface area (Å²) >= 11 is 0. The van der Waals surface area contributed by atoms with Crippen molar-refractivity contribution in [2.75, 3.05) is 0 Å². The molecule has 3 aliphatic rings. The van der Waals surface area contributed by atoms with Gasteiger partial charge in [0.1, 0.15) is 11.4 Å². The lowest BCUT2D eigenvalue weighted by molar-refractivity contribution is -0.145. The molecule has 2 aromatic heterocycles. The zero-order valence-electron chi connectivity index (χ0n) is 18.9. The zero-order chi connectivity index (χ0) is 24.8. The number of rotatable bonds is 5. The minimum Gasteiger partial charge on any atom is -0.444 e. The number of ether oxygens (including phenoxy) is 1. The topological polar surface area (TPSA) is 85.3 Å². The number of hydrogen-bond acceptors (Lipinski definition) is 6. The molecule has 1 aliphatic carbocycles. The van der Waals surface area contributed by atoms with E-state index in [-0.39, 0.29) is 41.7 Å². The van der Waals surface area contributed by atoms with E-state index >= 15 is 0 Å². The maximum absolute atomic E-state index is 14.3. The highest BCUT2D eigenvalue weighted by Gasteiger charge is 2.56. The van der Waals surface area contributed by atoms with Gasteiger partial charge in [-0.15, -0.1) is 0 Å². The standard InChI is InChI=1S/C23H24F4N4O3/c1-22(2,3)34-21(33)31-15-6-12(7-15)19(31)18(32)5-4-14-8-16(17(24)11-28-14)13-9-29-20(30-10-13)23(25,26)27/h8-12,15,19H,4-7H2,1-3H3. The van der Waals surface area contributed by atoms with Gasteiger partial charge in [-0.25, -0.2) is 19.2 Å². The number of nitrogens with zero attached hydrogens (tertiary/aromatic N) is 4. The summed E-state index contributed by atoms with van der Waals surface area (Å²) in [6.07, 6.45) is -0.661. The molecule has 2 saturated heterocycles. The molecule has 1 unspecified atom stereocenters. The van der Waals surface area contributed by atoms with Crippen molar-refractivity contribution in [2.45, 2.75) is 70.3 Å². The van der Waals surface area contributed by atoms with Crippen LogP contribution in [-0.4, -0.2) is 49.4 Å². The van der Waals surface area contributed by atoms with E-state index < -0.39 is 35.6 Å². The molecule has 0 aromatic carbocycles. The van der Waals surface area contributed by atoms with Gasteiger partial charge in [-0.1, -0.05) is 0 Å². The molecule has 5 rings (SSSR count). The van der Waals surface area contributed by atoms with Crippen molar-refractivity contribution < 1.29 is 31.9 Å². The first-order chi connectivity index (χ1) is 15.8. The number of ketones is 1. The van der Waals surface area contributed by atoms with Gasteiger partial charge in [0.15, 0.2) is 5.78 Å². The van der Waals surface area contributed by atoms with Crippen LogP contribution in [0, 0.1) is 11.7 Å². The van der Waals surface area contributed by atoms with Crippen molar-refractivity contribution in [3.05, 3.63) is 42.0 Å². The lowest BCUT2D eigenvalue weighted by Crippen LogP contribution is -2.44. The summed E-state index contributed by atoms with van der Waals surface area (Å²) in [7, 11) is 0. The molecule has 1 atom stereocenters. The van der Waals surface area contributed by atoms with Crippen molar-refractivity contribution >= 4 is 11.9 Å². The normalized spacial score (nSPS) is 21.9. The molecule has 4 heterocycles. The number of alkyl halides is 3. The fourth-order valence-electron chi connectivity index (χ4n) is 4.42. The van der Waals surface area contributed by atoms with Crippen molar-refractivity contribution in [2.24, 2.45) is 5.92 Å². The Kier molecular flexibility index (Phi) is 6.07. The van der Waals surface area contributed by atoms with Crippen LogP contribution in [0.15, 0.2) is 24.7 Å². The van der Waals surface area contributed by atoms with Crippen LogP contribution in [0.3, 0.4) is 0 Å². The Bertz CT molecular complexity index is 1090. The van der Waals surface area contributed by atoms with Crippen molar-refractivity contribution in [1.82, 2.24) is 19.9 Å². The third-order valence-electron chi connectivity index (χ3n) is 5.98. The van der Waals surface area contributed by atoms with Gasteiger partial charge in [0.05, 0.1) is 12.2 Å². The van der Waals surface area contributed by atoms with Gasteiger partial charge in [0.2, 0.25) is 5.82 Å². The molecular weight excluding hydrogens is 456 g/mol. The number of aromatic nitrogens is 3. The third kappa shape index (κ3) is 4.88. The monoisotopic (exact) mass is 480 g/mol. The molecule has 7 nitrogen and oxygen atoms in total. The molecule has 2 aromatic rings. The van der Waals surface area contributed by atoms with Crippen molar-refractivity contribution in [3.63, 3.8) is 0 Å². The second-order valence-electron chi connectivity index (χ2n) is 9.63. The second-order valence-corrected chi connectivity index (χ2v) is 9.63. The summed E-state index contributed by atoms with van der Waals surface area (Å²) in [5.41, 5.74) is -0.231. The van der Waals surface area contributed by atoms with Crippen molar-refractivity contribution in [1.29, 1.82) is 0 Å². The molecule has 34 heavy (non-hydrogen) atoms. The largest absolute Gasteiger partial charge is 0.451 e. The van der Waals surface area contributed by atoms with E-state index in [0.29, 0.717) is 5.69 Å². The van der Waals surface area contributed by atoms with Gasteiger partial charge in [0.25, 0.3) is 0 Å². The Balaban J connectivity index is 1.45. The van der Waals surface area contributed by atoms with Crippen LogP contribution >= 0.6 is 0 Å². The average molecular weight is 480 g/mol. The highest BCUT2D eigenvalue weighted by atomic mass is 19.4. The third-order valence-corrected chi connectivity index (χ3v) is 5.98. The van der Waals surface area contributed by atoms with Crippen LogP contribution in [0.1, 0.15) is 51.6 Å². The molecule has 3 fully saturated rings. The lowest BCUT2D eigenvalue weighted by atomic mass is 9.81. The van der Waals surface area contributed by atoms with Crippen LogP contribution in [0.4, 0.5) is 22.4 Å². The highest BCUT2D eigenvalue weighted by molar-refractivity contribution is 5.89. The fourth-order valence-corrected chi connectivity index (χ4v) is 4.42. The molecule has 182 valence electrons.